The van der Waals surface area contributed by atoms with E-state index in [2.05, 4.69) is 25.5 Å². The Labute approximate surface area is 124 Å². The summed E-state index contributed by atoms with van der Waals surface area (Å²) in [6.07, 6.45) is 2.50. The standard InChI is InChI=1S/C14H13F2N5O/c1-2-5-17-12-9-7-18-21-13(9)20-14(19-12)22-11-4-3-8(15)6-10(11)16/h3-4,6-7H,2,5H2,1H3,(H2,17,18,19,20,21). The number of aromatic nitrogens is 4. The fraction of sp³-hybridized carbons (Fsp3) is 0.214. The zero-order valence-corrected chi connectivity index (χ0v) is 11.7. The van der Waals surface area contributed by atoms with Gasteiger partial charge in [0.2, 0.25) is 0 Å². The largest absolute Gasteiger partial charge is 0.421 e. The normalized spacial score (nSPS) is 10.9. The van der Waals surface area contributed by atoms with Gasteiger partial charge in [-0.25, -0.2) is 8.78 Å². The number of fused-ring (bicyclic) bond motifs is 1. The summed E-state index contributed by atoms with van der Waals surface area (Å²) in [7, 11) is 0. The first kappa shape index (κ1) is 14.2. The monoisotopic (exact) mass is 305 g/mol. The highest BCUT2D eigenvalue weighted by Crippen LogP contribution is 2.26. The van der Waals surface area contributed by atoms with E-state index >= 15 is 0 Å². The van der Waals surface area contributed by atoms with Crippen LogP contribution in [-0.2, 0) is 0 Å². The number of hydrogen-bond acceptors (Lipinski definition) is 5. The highest BCUT2D eigenvalue weighted by molar-refractivity contribution is 5.86. The quantitative estimate of drug-likeness (QED) is 0.757. The lowest BCUT2D eigenvalue weighted by atomic mass is 10.3. The van der Waals surface area contributed by atoms with Crippen molar-refractivity contribution in [2.24, 2.45) is 0 Å². The fourth-order valence-corrected chi connectivity index (χ4v) is 1.89. The Hall–Kier alpha value is -2.77. The van der Waals surface area contributed by atoms with Crippen molar-refractivity contribution in [3.05, 3.63) is 36.0 Å². The van der Waals surface area contributed by atoms with Crippen LogP contribution in [0.3, 0.4) is 0 Å². The van der Waals surface area contributed by atoms with Gasteiger partial charge in [-0.05, 0) is 18.6 Å². The number of aromatic amines is 1. The Bertz CT molecular complexity index is 805. The summed E-state index contributed by atoms with van der Waals surface area (Å²) in [5, 5.41) is 10.4. The first-order valence-corrected chi connectivity index (χ1v) is 6.75. The van der Waals surface area contributed by atoms with Crippen molar-refractivity contribution in [2.75, 3.05) is 11.9 Å². The molecule has 22 heavy (non-hydrogen) atoms. The molecule has 0 radical (unpaired) electrons. The first-order chi connectivity index (χ1) is 10.7. The van der Waals surface area contributed by atoms with E-state index in [4.69, 9.17) is 4.74 Å². The minimum atomic E-state index is -0.823. The van der Waals surface area contributed by atoms with E-state index in [-0.39, 0.29) is 11.8 Å². The molecule has 0 saturated heterocycles. The van der Waals surface area contributed by atoms with Crippen molar-refractivity contribution in [1.29, 1.82) is 0 Å². The third kappa shape index (κ3) is 2.80. The highest BCUT2D eigenvalue weighted by Gasteiger charge is 2.13. The molecule has 0 amide bonds. The minimum absolute atomic E-state index is 0.0548. The predicted molar refractivity (Wildman–Crippen MR) is 76.9 cm³/mol. The van der Waals surface area contributed by atoms with Crippen molar-refractivity contribution < 1.29 is 13.5 Å². The maximum absolute atomic E-state index is 13.6. The molecular formula is C14H13F2N5O. The van der Waals surface area contributed by atoms with Gasteiger partial charge in [0.25, 0.3) is 0 Å². The summed E-state index contributed by atoms with van der Waals surface area (Å²) in [5.74, 6) is -1.11. The molecule has 8 heteroatoms. The molecule has 0 aliphatic rings. The predicted octanol–water partition coefficient (Wildman–Crippen LogP) is 3.25. The van der Waals surface area contributed by atoms with Gasteiger partial charge in [-0.3, -0.25) is 5.10 Å². The molecule has 0 atom stereocenters. The molecule has 0 aliphatic carbocycles. The molecule has 0 spiro atoms. The van der Waals surface area contributed by atoms with E-state index in [0.717, 1.165) is 18.6 Å². The minimum Gasteiger partial charge on any atom is -0.421 e. The molecule has 3 rings (SSSR count). The molecule has 0 fully saturated rings. The SMILES string of the molecule is CCCNc1nc(Oc2ccc(F)cc2F)nc2[nH]ncc12. The van der Waals surface area contributed by atoms with Gasteiger partial charge in [0.1, 0.15) is 11.6 Å². The molecule has 1 aromatic carbocycles. The lowest BCUT2D eigenvalue weighted by molar-refractivity contribution is 0.410. The van der Waals surface area contributed by atoms with Crippen LogP contribution in [0.2, 0.25) is 0 Å². The third-order valence-electron chi connectivity index (χ3n) is 2.93. The first-order valence-electron chi connectivity index (χ1n) is 6.75. The molecule has 0 aliphatic heterocycles. The Morgan fingerprint density at radius 2 is 2.14 bits per heavy atom. The molecule has 3 aromatic rings. The average molecular weight is 305 g/mol. The Balaban J connectivity index is 1.96. The van der Waals surface area contributed by atoms with E-state index in [9.17, 15) is 8.78 Å². The summed E-state index contributed by atoms with van der Waals surface area (Å²) >= 11 is 0. The lowest BCUT2D eigenvalue weighted by Gasteiger charge is -2.08. The zero-order chi connectivity index (χ0) is 15.5. The van der Waals surface area contributed by atoms with Crippen LogP contribution in [0.15, 0.2) is 24.4 Å². The zero-order valence-electron chi connectivity index (χ0n) is 11.7. The van der Waals surface area contributed by atoms with Crippen LogP contribution in [0, 0.1) is 11.6 Å². The summed E-state index contributed by atoms with van der Waals surface area (Å²) in [5.41, 5.74) is 0.464. The van der Waals surface area contributed by atoms with Crippen LogP contribution in [0.5, 0.6) is 11.8 Å². The topological polar surface area (TPSA) is 75.7 Å². The van der Waals surface area contributed by atoms with Crippen LogP contribution >= 0.6 is 0 Å². The summed E-state index contributed by atoms with van der Waals surface area (Å²) < 4.78 is 31.9. The van der Waals surface area contributed by atoms with Gasteiger partial charge in [0.15, 0.2) is 17.2 Å². The second kappa shape index (κ2) is 5.92. The molecule has 114 valence electrons. The molecule has 2 N–H and O–H groups in total. The number of halogens is 2. The Morgan fingerprint density at radius 1 is 1.27 bits per heavy atom. The van der Waals surface area contributed by atoms with Gasteiger partial charge in [0.05, 0.1) is 11.6 Å². The van der Waals surface area contributed by atoms with Gasteiger partial charge in [-0.1, -0.05) is 6.92 Å². The van der Waals surface area contributed by atoms with Gasteiger partial charge in [0, 0.05) is 12.6 Å². The van der Waals surface area contributed by atoms with Crippen molar-refractivity contribution in [1.82, 2.24) is 20.2 Å². The van der Waals surface area contributed by atoms with Gasteiger partial charge in [-0.15, -0.1) is 0 Å². The van der Waals surface area contributed by atoms with E-state index in [0.29, 0.717) is 23.4 Å². The number of hydrogen-bond donors (Lipinski definition) is 2. The van der Waals surface area contributed by atoms with Crippen LogP contribution in [0.1, 0.15) is 13.3 Å². The fourth-order valence-electron chi connectivity index (χ4n) is 1.89. The van der Waals surface area contributed by atoms with Crippen LogP contribution in [0.25, 0.3) is 11.0 Å². The number of rotatable bonds is 5. The second-order valence-corrected chi connectivity index (χ2v) is 4.59. The van der Waals surface area contributed by atoms with Gasteiger partial charge >= 0.3 is 6.01 Å². The number of anilines is 1. The number of ether oxygens (including phenoxy) is 1. The van der Waals surface area contributed by atoms with Crippen LogP contribution < -0.4 is 10.1 Å². The van der Waals surface area contributed by atoms with Gasteiger partial charge < -0.3 is 10.1 Å². The van der Waals surface area contributed by atoms with Crippen molar-refractivity contribution in [2.45, 2.75) is 13.3 Å². The third-order valence-corrected chi connectivity index (χ3v) is 2.93. The van der Waals surface area contributed by atoms with E-state index in [1.54, 1.807) is 6.20 Å². The number of benzene rings is 1. The average Bonchev–Trinajstić information content (AvgIpc) is 2.96. The van der Waals surface area contributed by atoms with Crippen molar-refractivity contribution in [3.8, 4) is 11.8 Å². The Morgan fingerprint density at radius 3 is 2.91 bits per heavy atom. The molecule has 2 aromatic heterocycles. The van der Waals surface area contributed by atoms with Crippen LogP contribution in [0.4, 0.5) is 14.6 Å². The van der Waals surface area contributed by atoms with Crippen molar-refractivity contribution >= 4 is 16.9 Å². The van der Waals surface area contributed by atoms with E-state index in [1.165, 1.54) is 6.07 Å². The summed E-state index contributed by atoms with van der Waals surface area (Å²) in [6, 6.07) is 2.97. The number of nitrogens with one attached hydrogen (secondary N) is 2. The Kier molecular flexibility index (Phi) is 3.82. The molecule has 0 saturated carbocycles. The summed E-state index contributed by atoms with van der Waals surface area (Å²) in [4.78, 5) is 8.32. The van der Waals surface area contributed by atoms with Crippen molar-refractivity contribution in [3.63, 3.8) is 0 Å². The second-order valence-electron chi connectivity index (χ2n) is 4.59. The maximum atomic E-state index is 13.6. The molecule has 0 bridgehead atoms. The highest BCUT2D eigenvalue weighted by atomic mass is 19.1. The molecule has 6 nitrogen and oxygen atoms in total. The van der Waals surface area contributed by atoms with Crippen LogP contribution in [-0.4, -0.2) is 26.7 Å². The van der Waals surface area contributed by atoms with E-state index in [1.807, 2.05) is 6.92 Å². The smallest absolute Gasteiger partial charge is 0.326 e. The lowest BCUT2D eigenvalue weighted by Crippen LogP contribution is -2.04. The number of nitrogens with zero attached hydrogens (tertiary/aromatic N) is 3. The van der Waals surface area contributed by atoms with E-state index < -0.39 is 11.6 Å². The molecule has 0 unspecified atom stereocenters. The summed E-state index contributed by atoms with van der Waals surface area (Å²) in [6.45, 7) is 2.73. The number of H-pyrrole nitrogens is 1. The molecule has 2 heterocycles. The molecular weight excluding hydrogens is 292 g/mol. The maximum Gasteiger partial charge on any atom is 0.326 e. The van der Waals surface area contributed by atoms with Gasteiger partial charge in [-0.2, -0.15) is 15.1 Å².